The Morgan fingerprint density at radius 3 is 2.42 bits per heavy atom. The normalized spacial score (nSPS) is 14.6. The summed E-state index contributed by atoms with van der Waals surface area (Å²) in [5, 5.41) is 3.45. The zero-order chi connectivity index (χ0) is 22.4. The highest BCUT2D eigenvalue weighted by atomic mass is 32.2. The van der Waals surface area contributed by atoms with Gasteiger partial charge in [0.2, 0.25) is 10.0 Å². The second kappa shape index (κ2) is 10.7. The third-order valence-corrected chi connectivity index (χ3v) is 8.33. The summed E-state index contributed by atoms with van der Waals surface area (Å²) in [5.74, 6) is -0.280. The number of nitrogens with zero attached hydrogens (tertiary/aromatic N) is 3. The van der Waals surface area contributed by atoms with Gasteiger partial charge in [0.05, 0.1) is 10.6 Å². The standard InChI is InChI=1S/C22H32N4O3S2/c1-4-6-13-26(14-7-5-2)31(28,29)18-10-8-17(9-11-18)21(27)24-22-23-19-12-15-25(3)16-20(19)30-22/h8-11H,4-7,12-16H2,1-3H3,(H,23,24,27). The molecular formula is C22H32N4O3S2. The number of benzene rings is 1. The van der Waals surface area contributed by atoms with Crippen molar-refractivity contribution in [2.24, 2.45) is 0 Å². The smallest absolute Gasteiger partial charge is 0.257 e. The van der Waals surface area contributed by atoms with Crippen LogP contribution in [0.3, 0.4) is 0 Å². The number of aromatic nitrogens is 1. The Kier molecular flexibility index (Phi) is 8.21. The van der Waals surface area contributed by atoms with Crippen molar-refractivity contribution in [2.45, 2.75) is 57.4 Å². The van der Waals surface area contributed by atoms with E-state index in [1.165, 1.54) is 28.3 Å². The van der Waals surface area contributed by atoms with Crippen LogP contribution in [0.4, 0.5) is 5.13 Å². The van der Waals surface area contributed by atoms with Crippen LogP contribution < -0.4 is 5.32 Å². The first-order valence-electron chi connectivity index (χ1n) is 10.9. The number of thiazole rings is 1. The van der Waals surface area contributed by atoms with Crippen molar-refractivity contribution in [1.82, 2.24) is 14.2 Å². The molecule has 1 aliphatic rings. The van der Waals surface area contributed by atoms with Gasteiger partial charge in [-0.25, -0.2) is 13.4 Å². The molecule has 3 rings (SSSR count). The number of nitrogens with one attached hydrogen (secondary N) is 1. The van der Waals surface area contributed by atoms with E-state index < -0.39 is 10.0 Å². The van der Waals surface area contributed by atoms with Crippen molar-refractivity contribution in [2.75, 3.05) is 32.0 Å². The van der Waals surface area contributed by atoms with E-state index in [2.05, 4.69) is 36.1 Å². The van der Waals surface area contributed by atoms with Gasteiger partial charge in [-0.15, -0.1) is 11.3 Å². The molecule has 0 radical (unpaired) electrons. The number of unbranched alkanes of at least 4 members (excludes halogenated alkanes) is 2. The average molecular weight is 465 g/mol. The lowest BCUT2D eigenvalue weighted by Gasteiger charge is -2.22. The summed E-state index contributed by atoms with van der Waals surface area (Å²) in [7, 11) is -1.50. The Morgan fingerprint density at radius 1 is 1.16 bits per heavy atom. The number of carbonyl (C=O) groups excluding carboxylic acids is 1. The van der Waals surface area contributed by atoms with Gasteiger partial charge >= 0.3 is 0 Å². The predicted molar refractivity (Wildman–Crippen MR) is 125 cm³/mol. The van der Waals surface area contributed by atoms with Crippen LogP contribution in [0.15, 0.2) is 29.2 Å². The van der Waals surface area contributed by atoms with Crippen LogP contribution in [-0.2, 0) is 23.0 Å². The third-order valence-electron chi connectivity index (χ3n) is 5.42. The van der Waals surface area contributed by atoms with Crippen LogP contribution in [0.5, 0.6) is 0 Å². The number of hydrogen-bond acceptors (Lipinski definition) is 6. The Hall–Kier alpha value is -1.81. The van der Waals surface area contributed by atoms with E-state index in [0.29, 0.717) is 23.8 Å². The largest absolute Gasteiger partial charge is 0.301 e. The summed E-state index contributed by atoms with van der Waals surface area (Å²) in [6, 6.07) is 6.19. The van der Waals surface area contributed by atoms with E-state index in [9.17, 15) is 13.2 Å². The molecule has 1 aromatic carbocycles. The maximum Gasteiger partial charge on any atom is 0.257 e. The fraction of sp³-hybridized carbons (Fsp3) is 0.545. The number of likely N-dealkylation sites (N-methyl/N-ethyl adjacent to an activating group) is 1. The minimum absolute atomic E-state index is 0.226. The predicted octanol–water partition coefficient (Wildman–Crippen LogP) is 3.97. The van der Waals surface area contributed by atoms with Crippen LogP contribution in [0.2, 0.25) is 0 Å². The van der Waals surface area contributed by atoms with Crippen molar-refractivity contribution in [3.63, 3.8) is 0 Å². The second-order valence-electron chi connectivity index (χ2n) is 7.97. The first-order chi connectivity index (χ1) is 14.8. The molecule has 1 N–H and O–H groups in total. The van der Waals surface area contributed by atoms with Crippen molar-refractivity contribution >= 4 is 32.4 Å². The molecule has 0 atom stereocenters. The first-order valence-corrected chi connectivity index (χ1v) is 13.2. The number of carbonyl (C=O) groups is 1. The van der Waals surface area contributed by atoms with Gasteiger partial charge in [0.1, 0.15) is 0 Å². The van der Waals surface area contributed by atoms with Crippen molar-refractivity contribution in [3.05, 3.63) is 40.4 Å². The van der Waals surface area contributed by atoms with Crippen LogP contribution in [0.25, 0.3) is 0 Å². The molecule has 9 heteroatoms. The van der Waals surface area contributed by atoms with Gasteiger partial charge in [-0.1, -0.05) is 26.7 Å². The van der Waals surface area contributed by atoms with Crippen molar-refractivity contribution in [3.8, 4) is 0 Å². The molecule has 0 aliphatic carbocycles. The van der Waals surface area contributed by atoms with Crippen LogP contribution in [0.1, 0.15) is 60.5 Å². The van der Waals surface area contributed by atoms with E-state index >= 15 is 0 Å². The summed E-state index contributed by atoms with van der Waals surface area (Å²) in [6.07, 6.45) is 4.42. The van der Waals surface area contributed by atoms with Crippen LogP contribution in [-0.4, -0.2) is 55.2 Å². The maximum absolute atomic E-state index is 13.1. The minimum atomic E-state index is -3.57. The number of sulfonamides is 1. The molecule has 170 valence electrons. The van der Waals surface area contributed by atoms with E-state index in [4.69, 9.17) is 0 Å². The molecule has 1 aromatic heterocycles. The fourth-order valence-electron chi connectivity index (χ4n) is 3.49. The third kappa shape index (κ3) is 5.91. The Bertz CT molecular complexity index is 979. The van der Waals surface area contributed by atoms with Crippen molar-refractivity contribution < 1.29 is 13.2 Å². The molecule has 0 fully saturated rings. The quantitative estimate of drug-likeness (QED) is 0.575. The number of amides is 1. The first kappa shape index (κ1) is 23.8. The lowest BCUT2D eigenvalue weighted by Crippen LogP contribution is -2.33. The van der Waals surface area contributed by atoms with Gasteiger partial charge in [0, 0.05) is 43.0 Å². The lowest BCUT2D eigenvalue weighted by molar-refractivity contribution is 0.102. The molecule has 2 heterocycles. The van der Waals surface area contributed by atoms with Gasteiger partial charge in [-0.3, -0.25) is 10.1 Å². The highest BCUT2D eigenvalue weighted by molar-refractivity contribution is 7.89. The summed E-state index contributed by atoms with van der Waals surface area (Å²) in [5.41, 5.74) is 1.47. The SMILES string of the molecule is CCCCN(CCCC)S(=O)(=O)c1ccc(C(=O)Nc2nc3c(s2)CN(C)CC3)cc1. The van der Waals surface area contributed by atoms with Crippen LogP contribution in [0, 0.1) is 0 Å². The summed E-state index contributed by atoms with van der Waals surface area (Å²) in [6.45, 7) is 6.95. The molecule has 1 amide bonds. The van der Waals surface area contributed by atoms with E-state index in [-0.39, 0.29) is 10.8 Å². The molecule has 0 unspecified atom stereocenters. The lowest BCUT2D eigenvalue weighted by atomic mass is 10.2. The maximum atomic E-state index is 13.1. The zero-order valence-corrected chi connectivity index (χ0v) is 20.2. The number of anilines is 1. The Labute approximate surface area is 189 Å². The molecule has 31 heavy (non-hydrogen) atoms. The fourth-order valence-corrected chi connectivity index (χ4v) is 6.09. The molecule has 0 bridgehead atoms. The highest BCUT2D eigenvalue weighted by Crippen LogP contribution is 2.28. The van der Waals surface area contributed by atoms with E-state index in [1.54, 1.807) is 16.4 Å². The summed E-state index contributed by atoms with van der Waals surface area (Å²) in [4.78, 5) is 20.8. The summed E-state index contributed by atoms with van der Waals surface area (Å²) < 4.78 is 27.7. The van der Waals surface area contributed by atoms with Gasteiger partial charge < -0.3 is 4.90 Å². The van der Waals surface area contributed by atoms with Crippen LogP contribution >= 0.6 is 11.3 Å². The molecular weight excluding hydrogens is 432 g/mol. The minimum Gasteiger partial charge on any atom is -0.301 e. The van der Waals surface area contributed by atoms with Gasteiger partial charge in [0.15, 0.2) is 5.13 Å². The summed E-state index contributed by atoms with van der Waals surface area (Å²) >= 11 is 1.50. The van der Waals surface area contributed by atoms with E-state index in [0.717, 1.165) is 50.9 Å². The molecule has 7 nitrogen and oxygen atoms in total. The molecule has 0 saturated heterocycles. The van der Waals surface area contributed by atoms with Gasteiger partial charge in [-0.2, -0.15) is 4.31 Å². The zero-order valence-electron chi connectivity index (χ0n) is 18.6. The second-order valence-corrected chi connectivity index (χ2v) is 11.0. The molecule has 2 aromatic rings. The van der Waals surface area contributed by atoms with Crippen molar-refractivity contribution in [1.29, 1.82) is 0 Å². The average Bonchev–Trinajstić information content (AvgIpc) is 3.15. The van der Waals surface area contributed by atoms with Gasteiger partial charge in [0.25, 0.3) is 5.91 Å². The highest BCUT2D eigenvalue weighted by Gasteiger charge is 2.24. The Morgan fingerprint density at radius 2 is 1.81 bits per heavy atom. The molecule has 1 aliphatic heterocycles. The number of rotatable bonds is 10. The molecule has 0 spiro atoms. The number of hydrogen-bond donors (Lipinski definition) is 1. The Balaban J connectivity index is 1.70. The van der Waals surface area contributed by atoms with Gasteiger partial charge in [-0.05, 0) is 44.2 Å². The number of fused-ring (bicyclic) bond motifs is 1. The monoisotopic (exact) mass is 464 g/mol. The molecule has 0 saturated carbocycles. The van der Waals surface area contributed by atoms with E-state index in [1.807, 2.05) is 0 Å². The topological polar surface area (TPSA) is 82.6 Å².